The quantitative estimate of drug-likeness (QED) is 0.680. The summed E-state index contributed by atoms with van der Waals surface area (Å²) in [5.41, 5.74) is 6.75. The van der Waals surface area contributed by atoms with Gasteiger partial charge in [0.15, 0.2) is 0 Å². The van der Waals surface area contributed by atoms with Gasteiger partial charge in [0, 0.05) is 37.9 Å². The zero-order valence-electron chi connectivity index (χ0n) is 16.5. The minimum absolute atomic E-state index is 0. The van der Waals surface area contributed by atoms with Crippen molar-refractivity contribution in [2.24, 2.45) is 5.92 Å². The van der Waals surface area contributed by atoms with Crippen molar-refractivity contribution in [2.75, 3.05) is 31.1 Å². The van der Waals surface area contributed by atoms with Crippen LogP contribution in [0.15, 0.2) is 17.1 Å². The van der Waals surface area contributed by atoms with E-state index in [0.29, 0.717) is 25.2 Å². The summed E-state index contributed by atoms with van der Waals surface area (Å²) in [6.07, 6.45) is 3.84. The molecule has 2 saturated heterocycles. The molecular formula is C20H22ClCoFN4O4. The molecule has 4 N–H and O–H groups in total. The number of hydrogen-bond acceptors (Lipinski definition) is 4. The number of carboxylic acids is 1. The number of hydrogen-bond donors (Lipinski definition) is 1. The van der Waals surface area contributed by atoms with E-state index >= 15 is 4.39 Å². The molecule has 5 rings (SSSR count). The number of carboxylic acid groups (broad SMARTS) is 1. The van der Waals surface area contributed by atoms with Gasteiger partial charge in [-0.25, -0.2) is 9.18 Å². The Hall–Kier alpha value is -1.69. The molecule has 1 saturated carbocycles. The number of rotatable bonds is 4. The Balaban J connectivity index is 0.00000136. The monoisotopic (exact) mass is 495 g/mol. The van der Waals surface area contributed by atoms with Crippen LogP contribution in [-0.4, -0.2) is 47.5 Å². The first-order valence-electron chi connectivity index (χ1n) is 9.70. The first-order valence-corrected chi connectivity index (χ1v) is 10.1. The maximum Gasteiger partial charge on any atom is 2.00 e. The van der Waals surface area contributed by atoms with E-state index in [4.69, 9.17) is 22.1 Å². The van der Waals surface area contributed by atoms with Crippen LogP contribution in [0, 0.1) is 11.7 Å². The SMILES string of the molecule is [Co+2].[NH-]CC12CN(c3c(F)cc4c(=O)c(C(=O)O)cn(C5CC5)c4c3Cl)CC1CCO2.[NH2-]. The molecule has 1 radical (unpaired) electrons. The van der Waals surface area contributed by atoms with Crippen LogP contribution in [0.25, 0.3) is 22.8 Å². The molecule has 3 fully saturated rings. The average Bonchev–Trinajstić information content (AvgIpc) is 3.34. The van der Waals surface area contributed by atoms with Gasteiger partial charge in [0.05, 0.1) is 27.2 Å². The summed E-state index contributed by atoms with van der Waals surface area (Å²) in [5, 5.41) is 9.48. The third-order valence-corrected chi connectivity index (χ3v) is 6.83. The summed E-state index contributed by atoms with van der Waals surface area (Å²) in [4.78, 5) is 26.0. The van der Waals surface area contributed by atoms with Gasteiger partial charge in [-0.1, -0.05) is 11.6 Å². The molecule has 8 nitrogen and oxygen atoms in total. The molecular weight excluding hydrogens is 474 g/mol. The first kappa shape index (κ1) is 24.0. The van der Waals surface area contributed by atoms with E-state index in [1.807, 2.05) is 4.90 Å². The van der Waals surface area contributed by atoms with Crippen molar-refractivity contribution < 1.29 is 35.8 Å². The molecule has 2 aromatic rings. The van der Waals surface area contributed by atoms with E-state index in [0.717, 1.165) is 25.3 Å². The average molecular weight is 496 g/mol. The molecule has 0 amide bonds. The molecule has 2 atom stereocenters. The fourth-order valence-corrected chi connectivity index (χ4v) is 5.22. The molecule has 3 aliphatic rings. The summed E-state index contributed by atoms with van der Waals surface area (Å²) >= 11 is 6.68. The Bertz CT molecular complexity index is 1110. The molecule has 0 spiro atoms. The topological polar surface area (TPSA) is 129 Å². The van der Waals surface area contributed by atoms with Gasteiger partial charge in [0.25, 0.3) is 0 Å². The van der Waals surface area contributed by atoms with Crippen molar-refractivity contribution in [1.29, 1.82) is 0 Å². The minimum atomic E-state index is -1.34. The maximum atomic E-state index is 15.2. The summed E-state index contributed by atoms with van der Waals surface area (Å²) in [6.45, 7) is 1.59. The Labute approximate surface area is 193 Å². The van der Waals surface area contributed by atoms with Crippen molar-refractivity contribution >= 4 is 34.2 Å². The van der Waals surface area contributed by atoms with Crippen LogP contribution >= 0.6 is 11.6 Å². The zero-order chi connectivity index (χ0) is 20.5. The van der Waals surface area contributed by atoms with E-state index in [1.165, 1.54) is 6.20 Å². The molecule has 2 unspecified atom stereocenters. The van der Waals surface area contributed by atoms with Crippen molar-refractivity contribution in [2.45, 2.75) is 30.9 Å². The Morgan fingerprint density at radius 1 is 1.39 bits per heavy atom. The Kier molecular flexibility index (Phi) is 6.45. The minimum Gasteiger partial charge on any atom is -0.693 e. The van der Waals surface area contributed by atoms with Crippen molar-refractivity contribution in [1.82, 2.24) is 4.57 Å². The second-order valence-corrected chi connectivity index (χ2v) is 8.57. The number of benzene rings is 1. The number of anilines is 1. The van der Waals surface area contributed by atoms with Crippen molar-refractivity contribution in [3.8, 4) is 0 Å². The third-order valence-electron chi connectivity index (χ3n) is 6.47. The molecule has 0 bridgehead atoms. The van der Waals surface area contributed by atoms with Gasteiger partial charge in [-0.3, -0.25) is 4.79 Å². The van der Waals surface area contributed by atoms with E-state index in [2.05, 4.69) is 0 Å². The number of nitrogens with zero attached hydrogens (tertiary/aromatic N) is 2. The second kappa shape index (κ2) is 8.34. The van der Waals surface area contributed by atoms with Crippen LogP contribution in [0.1, 0.15) is 35.7 Å². The largest absolute Gasteiger partial charge is 2.00 e. The standard InChI is InChI=1S/C20H20ClFN3O4.Co.H2N/c21-15-16-12(18(26)13(19(27)28)7-25(16)11-1-2-11)5-14(22)17(15)24-6-10-3-4-29-20(10,8-23)9-24;;/h5,7,10-11,23H,1-4,6,8-9H2,(H,27,28);;1H2/q-1;+2;-1. The summed E-state index contributed by atoms with van der Waals surface area (Å²) in [5.74, 6) is -1.87. The van der Waals surface area contributed by atoms with Crippen LogP contribution in [0.2, 0.25) is 5.02 Å². The predicted octanol–water partition coefficient (Wildman–Crippen LogP) is 4.19. The smallest absolute Gasteiger partial charge is 0.693 e. The maximum absolute atomic E-state index is 15.2. The number of carbonyl (C=O) groups is 1. The number of halogens is 2. The van der Waals surface area contributed by atoms with Gasteiger partial charge < -0.3 is 31.2 Å². The number of nitrogens with one attached hydrogen (secondary N) is 1. The van der Waals surface area contributed by atoms with E-state index < -0.39 is 22.8 Å². The van der Waals surface area contributed by atoms with E-state index in [1.54, 1.807) is 4.57 Å². The zero-order valence-corrected chi connectivity index (χ0v) is 18.3. The van der Waals surface area contributed by atoms with Crippen molar-refractivity contribution in [3.63, 3.8) is 0 Å². The number of aromatic nitrogens is 1. The number of nitrogens with two attached hydrogens (primary N) is 1. The number of aromatic carboxylic acids is 1. The number of fused-ring (bicyclic) bond motifs is 2. The van der Waals surface area contributed by atoms with Crippen LogP contribution in [-0.2, 0) is 21.5 Å². The van der Waals surface area contributed by atoms with Gasteiger partial charge in [-0.05, 0) is 25.3 Å². The van der Waals surface area contributed by atoms with Crippen molar-refractivity contribution in [3.05, 3.63) is 50.8 Å². The predicted molar refractivity (Wildman–Crippen MR) is 112 cm³/mol. The molecule has 31 heavy (non-hydrogen) atoms. The summed E-state index contributed by atoms with van der Waals surface area (Å²) in [6, 6.07) is 1.15. The van der Waals surface area contributed by atoms with Gasteiger partial charge in [-0.2, -0.15) is 0 Å². The fourth-order valence-electron chi connectivity index (χ4n) is 4.81. The molecule has 1 aliphatic carbocycles. The van der Waals surface area contributed by atoms with Gasteiger partial charge in [0.2, 0.25) is 5.43 Å². The second-order valence-electron chi connectivity index (χ2n) is 8.19. The van der Waals surface area contributed by atoms with Gasteiger partial charge in [0.1, 0.15) is 11.4 Å². The number of ether oxygens (including phenoxy) is 1. The molecule has 2 aliphatic heterocycles. The molecule has 1 aromatic carbocycles. The van der Waals surface area contributed by atoms with Crippen LogP contribution in [0.3, 0.4) is 0 Å². The van der Waals surface area contributed by atoms with Crippen LogP contribution in [0.5, 0.6) is 0 Å². The van der Waals surface area contributed by atoms with Crippen LogP contribution in [0.4, 0.5) is 10.1 Å². The molecule has 169 valence electrons. The molecule has 3 heterocycles. The summed E-state index contributed by atoms with van der Waals surface area (Å²) in [7, 11) is 0. The fraction of sp³-hybridized carbons (Fsp3) is 0.500. The van der Waals surface area contributed by atoms with E-state index in [-0.39, 0.29) is 63.1 Å². The van der Waals surface area contributed by atoms with Gasteiger partial charge in [-0.15, -0.1) is 6.54 Å². The normalized spacial score (nSPS) is 24.6. The Morgan fingerprint density at radius 2 is 2.10 bits per heavy atom. The number of pyridine rings is 1. The molecule has 11 heteroatoms. The summed E-state index contributed by atoms with van der Waals surface area (Å²) < 4.78 is 22.7. The van der Waals surface area contributed by atoms with Gasteiger partial charge >= 0.3 is 22.7 Å². The first-order chi connectivity index (χ1) is 13.9. The van der Waals surface area contributed by atoms with E-state index in [9.17, 15) is 14.7 Å². The Morgan fingerprint density at radius 3 is 2.68 bits per heavy atom. The third kappa shape index (κ3) is 3.55. The van der Waals surface area contributed by atoms with Crippen LogP contribution < -0.4 is 10.3 Å². The molecule has 1 aromatic heterocycles.